The Hall–Kier alpha value is -2.45. The molecule has 0 aromatic heterocycles. The molecular formula is C17H15ClN2O5S. The van der Waals surface area contributed by atoms with Gasteiger partial charge < -0.3 is 14.8 Å². The van der Waals surface area contributed by atoms with Gasteiger partial charge in [0.15, 0.2) is 0 Å². The van der Waals surface area contributed by atoms with Crippen molar-refractivity contribution in [3.05, 3.63) is 51.8 Å². The molecule has 1 saturated heterocycles. The van der Waals surface area contributed by atoms with Crippen molar-refractivity contribution in [1.29, 1.82) is 0 Å². The van der Waals surface area contributed by atoms with Crippen LogP contribution in [0.2, 0.25) is 5.02 Å². The zero-order valence-electron chi connectivity index (χ0n) is 13.6. The number of halogens is 1. The number of benzene rings is 1. The van der Waals surface area contributed by atoms with Crippen molar-refractivity contribution in [2.45, 2.75) is 0 Å². The van der Waals surface area contributed by atoms with E-state index in [9.17, 15) is 14.4 Å². The first-order chi connectivity index (χ1) is 12.6. The van der Waals surface area contributed by atoms with Crippen LogP contribution >= 0.6 is 23.4 Å². The molecule has 2 aliphatic heterocycles. The number of amides is 3. The van der Waals surface area contributed by atoms with Crippen molar-refractivity contribution in [3.8, 4) is 0 Å². The third-order valence-electron chi connectivity index (χ3n) is 3.56. The second kappa shape index (κ2) is 8.29. The molecule has 136 valence electrons. The van der Waals surface area contributed by atoms with E-state index < -0.39 is 11.8 Å². The Morgan fingerprint density at radius 1 is 1.31 bits per heavy atom. The monoisotopic (exact) mass is 394 g/mol. The van der Waals surface area contributed by atoms with Crippen LogP contribution in [-0.4, -0.2) is 48.3 Å². The topological polar surface area (TPSA) is 84.9 Å². The summed E-state index contributed by atoms with van der Waals surface area (Å²) < 4.78 is 10.2. The zero-order valence-corrected chi connectivity index (χ0v) is 15.1. The lowest BCUT2D eigenvalue weighted by atomic mass is 10.2. The van der Waals surface area contributed by atoms with Crippen LogP contribution in [0.1, 0.15) is 5.56 Å². The van der Waals surface area contributed by atoms with Crippen molar-refractivity contribution >= 4 is 46.5 Å². The van der Waals surface area contributed by atoms with Crippen LogP contribution in [0.5, 0.6) is 0 Å². The molecule has 1 fully saturated rings. The van der Waals surface area contributed by atoms with Crippen LogP contribution < -0.4 is 5.32 Å². The Bertz CT molecular complexity index is 808. The van der Waals surface area contributed by atoms with Crippen LogP contribution in [0.3, 0.4) is 0 Å². The molecule has 1 N–H and O–H groups in total. The number of carbonyl (C=O) groups excluding carboxylic acids is 3. The van der Waals surface area contributed by atoms with E-state index in [1.165, 1.54) is 6.26 Å². The summed E-state index contributed by atoms with van der Waals surface area (Å²) >= 11 is 6.92. The van der Waals surface area contributed by atoms with Gasteiger partial charge in [0.2, 0.25) is 5.76 Å². The molecule has 1 aromatic rings. The van der Waals surface area contributed by atoms with Gasteiger partial charge in [0.25, 0.3) is 17.1 Å². The van der Waals surface area contributed by atoms with Crippen molar-refractivity contribution < 1.29 is 23.9 Å². The quantitative estimate of drug-likeness (QED) is 0.772. The minimum atomic E-state index is -0.455. The van der Waals surface area contributed by atoms with Crippen molar-refractivity contribution in [3.63, 3.8) is 0 Å². The molecule has 0 spiro atoms. The van der Waals surface area contributed by atoms with Gasteiger partial charge in [0, 0.05) is 18.1 Å². The lowest BCUT2D eigenvalue weighted by Crippen LogP contribution is -2.38. The van der Waals surface area contributed by atoms with Gasteiger partial charge in [0.05, 0.1) is 4.91 Å². The van der Waals surface area contributed by atoms with Gasteiger partial charge in [-0.3, -0.25) is 19.3 Å². The highest BCUT2D eigenvalue weighted by molar-refractivity contribution is 8.18. The van der Waals surface area contributed by atoms with Crippen LogP contribution in [0.15, 0.2) is 41.2 Å². The molecule has 3 rings (SSSR count). The van der Waals surface area contributed by atoms with E-state index in [-0.39, 0.29) is 24.1 Å². The molecule has 9 heteroatoms. The molecule has 7 nitrogen and oxygen atoms in total. The first kappa shape index (κ1) is 18.3. The minimum absolute atomic E-state index is 0.0599. The largest absolute Gasteiger partial charge is 0.494 e. The third-order valence-corrected chi connectivity index (χ3v) is 4.81. The first-order valence-corrected chi connectivity index (χ1v) is 8.98. The van der Waals surface area contributed by atoms with Crippen LogP contribution in [0.4, 0.5) is 4.79 Å². The highest BCUT2D eigenvalue weighted by Crippen LogP contribution is 2.33. The summed E-state index contributed by atoms with van der Waals surface area (Å²) in [5, 5.41) is 2.69. The maximum Gasteiger partial charge on any atom is 0.293 e. The van der Waals surface area contributed by atoms with E-state index in [2.05, 4.69) is 5.32 Å². The van der Waals surface area contributed by atoms with Crippen molar-refractivity contribution in [2.24, 2.45) is 0 Å². The molecule has 0 radical (unpaired) electrons. The van der Waals surface area contributed by atoms with E-state index in [0.29, 0.717) is 28.7 Å². The fraction of sp³-hybridized carbons (Fsp3) is 0.235. The van der Waals surface area contributed by atoms with Gasteiger partial charge in [-0.25, -0.2) is 0 Å². The number of carbonyl (C=O) groups is 3. The van der Waals surface area contributed by atoms with Gasteiger partial charge in [-0.15, -0.1) is 0 Å². The molecule has 0 unspecified atom stereocenters. The Labute approximate surface area is 159 Å². The molecular weight excluding hydrogens is 380 g/mol. The number of ether oxygens (including phenoxy) is 2. The average molecular weight is 395 g/mol. The fourth-order valence-electron chi connectivity index (χ4n) is 2.28. The standard InChI is InChI=1S/C17H15ClN2O5S/c18-12-4-2-1-3-11(12)9-14-16(22)20(17(23)26-14)6-5-19-15(21)13-10-24-7-8-25-13/h1-4,9-10H,5-8H2,(H,19,21)/b14-9-. The molecule has 2 heterocycles. The van der Waals surface area contributed by atoms with E-state index in [1.54, 1.807) is 30.3 Å². The zero-order chi connectivity index (χ0) is 18.5. The summed E-state index contributed by atoms with van der Waals surface area (Å²) in [6, 6.07) is 7.04. The molecule has 0 atom stereocenters. The minimum Gasteiger partial charge on any atom is -0.494 e. The van der Waals surface area contributed by atoms with E-state index in [0.717, 1.165) is 16.7 Å². The van der Waals surface area contributed by atoms with Gasteiger partial charge in [-0.1, -0.05) is 29.8 Å². The third kappa shape index (κ3) is 4.20. The average Bonchev–Trinajstić information content (AvgIpc) is 2.91. The summed E-state index contributed by atoms with van der Waals surface area (Å²) in [7, 11) is 0. The number of rotatable bonds is 5. The maximum absolute atomic E-state index is 12.4. The van der Waals surface area contributed by atoms with Gasteiger partial charge in [-0.2, -0.15) is 0 Å². The Balaban J connectivity index is 1.58. The first-order valence-electron chi connectivity index (χ1n) is 7.79. The van der Waals surface area contributed by atoms with Gasteiger partial charge in [-0.05, 0) is 29.5 Å². The Morgan fingerprint density at radius 2 is 2.12 bits per heavy atom. The van der Waals surface area contributed by atoms with Crippen molar-refractivity contribution in [1.82, 2.24) is 10.2 Å². The predicted octanol–water partition coefficient (Wildman–Crippen LogP) is 2.38. The molecule has 26 heavy (non-hydrogen) atoms. The van der Waals surface area contributed by atoms with Gasteiger partial charge >= 0.3 is 0 Å². The van der Waals surface area contributed by atoms with E-state index >= 15 is 0 Å². The summed E-state index contributed by atoms with van der Waals surface area (Å²) in [5.74, 6) is -0.794. The number of imide groups is 1. The Kier molecular flexibility index (Phi) is 5.85. The molecule has 0 saturated carbocycles. The van der Waals surface area contributed by atoms with E-state index in [1.807, 2.05) is 0 Å². The normalized spacial score (nSPS) is 18.4. The van der Waals surface area contributed by atoms with Crippen molar-refractivity contribution in [2.75, 3.05) is 26.3 Å². The van der Waals surface area contributed by atoms with Crippen LogP contribution in [0, 0.1) is 0 Å². The fourth-order valence-corrected chi connectivity index (χ4v) is 3.33. The maximum atomic E-state index is 12.4. The SMILES string of the molecule is O=C(NCCN1C(=O)S/C(=C\c2ccccc2Cl)C1=O)C1=COCCO1. The molecule has 1 aromatic carbocycles. The number of thioether (sulfide) groups is 1. The number of hydrogen-bond donors (Lipinski definition) is 1. The predicted molar refractivity (Wildman–Crippen MR) is 97.1 cm³/mol. The second-order valence-electron chi connectivity index (χ2n) is 5.31. The molecule has 3 amide bonds. The number of hydrogen-bond acceptors (Lipinski definition) is 6. The summed E-state index contributed by atoms with van der Waals surface area (Å²) in [5.41, 5.74) is 0.661. The van der Waals surface area contributed by atoms with E-state index in [4.69, 9.17) is 21.1 Å². The lowest BCUT2D eigenvalue weighted by molar-refractivity contribution is -0.124. The highest BCUT2D eigenvalue weighted by Gasteiger charge is 2.34. The molecule has 0 bridgehead atoms. The highest BCUT2D eigenvalue weighted by atomic mass is 35.5. The smallest absolute Gasteiger partial charge is 0.293 e. The summed E-state index contributed by atoms with van der Waals surface area (Å²) in [6.07, 6.45) is 2.83. The Morgan fingerprint density at radius 3 is 2.85 bits per heavy atom. The number of nitrogens with one attached hydrogen (secondary N) is 1. The molecule has 0 aliphatic carbocycles. The van der Waals surface area contributed by atoms with Crippen LogP contribution in [0.25, 0.3) is 6.08 Å². The summed E-state index contributed by atoms with van der Waals surface area (Å²) in [4.78, 5) is 37.7. The summed E-state index contributed by atoms with van der Waals surface area (Å²) in [6.45, 7) is 0.863. The van der Waals surface area contributed by atoms with Crippen LogP contribution in [-0.2, 0) is 19.1 Å². The van der Waals surface area contributed by atoms with Gasteiger partial charge in [0.1, 0.15) is 19.5 Å². The lowest BCUT2D eigenvalue weighted by Gasteiger charge is -2.16. The second-order valence-corrected chi connectivity index (χ2v) is 6.71. The number of nitrogens with zero attached hydrogens (tertiary/aromatic N) is 1. The molecule has 2 aliphatic rings.